The number of aliphatic hydroxyl groups excluding tert-OH is 1. The molecule has 0 saturated carbocycles. The van der Waals surface area contributed by atoms with Crippen LogP contribution in [0.2, 0.25) is 5.02 Å². The van der Waals surface area contributed by atoms with Gasteiger partial charge >= 0.3 is 6.09 Å². The van der Waals surface area contributed by atoms with Gasteiger partial charge in [0, 0.05) is 5.02 Å². The molecular weight excluding hydrogens is 318 g/mol. The Balaban J connectivity index is 2.11. The molecule has 0 bridgehead atoms. The molecule has 1 amide bonds. The third-order valence-electron chi connectivity index (χ3n) is 3.58. The van der Waals surface area contributed by atoms with Crippen molar-refractivity contribution in [1.82, 2.24) is 4.90 Å². The van der Waals surface area contributed by atoms with Crippen LogP contribution in [-0.2, 0) is 15.9 Å². The molecule has 0 aromatic heterocycles. The first-order valence-electron chi connectivity index (χ1n) is 7.75. The van der Waals surface area contributed by atoms with Gasteiger partial charge in [-0.3, -0.25) is 4.90 Å². The monoisotopic (exact) mass is 341 g/mol. The van der Waals surface area contributed by atoms with Crippen molar-refractivity contribution in [3.63, 3.8) is 0 Å². The Kier molecular flexibility index (Phi) is 5.89. The van der Waals surface area contributed by atoms with Crippen LogP contribution in [0.4, 0.5) is 4.79 Å². The zero-order chi connectivity index (χ0) is 17.0. The number of halogens is 1. The van der Waals surface area contributed by atoms with Crippen LogP contribution < -0.4 is 0 Å². The van der Waals surface area contributed by atoms with E-state index < -0.39 is 5.60 Å². The van der Waals surface area contributed by atoms with Crippen molar-refractivity contribution in [1.29, 1.82) is 0 Å². The number of aliphatic hydroxyl groups is 1. The van der Waals surface area contributed by atoms with Crippen molar-refractivity contribution in [2.45, 2.75) is 44.9 Å². The first kappa shape index (κ1) is 18.0. The molecule has 1 unspecified atom stereocenters. The number of nitrogens with zero attached hydrogens (tertiary/aromatic N) is 1. The maximum absolute atomic E-state index is 12.5. The molecule has 1 aliphatic heterocycles. The number of rotatable bonds is 3. The highest BCUT2D eigenvalue weighted by molar-refractivity contribution is 6.30. The van der Waals surface area contributed by atoms with Crippen LogP contribution in [0.1, 0.15) is 26.3 Å². The number of ether oxygens (including phenoxy) is 2. The van der Waals surface area contributed by atoms with Gasteiger partial charge in [-0.15, -0.1) is 0 Å². The van der Waals surface area contributed by atoms with Crippen molar-refractivity contribution < 1.29 is 19.4 Å². The van der Waals surface area contributed by atoms with Crippen LogP contribution in [0.25, 0.3) is 0 Å². The predicted octanol–water partition coefficient (Wildman–Crippen LogP) is 2.88. The van der Waals surface area contributed by atoms with Crippen molar-refractivity contribution in [3.05, 3.63) is 34.9 Å². The summed E-state index contributed by atoms with van der Waals surface area (Å²) in [5, 5.41) is 9.99. The lowest BCUT2D eigenvalue weighted by Crippen LogP contribution is -2.55. The lowest BCUT2D eigenvalue weighted by atomic mass is 10.0. The summed E-state index contributed by atoms with van der Waals surface area (Å²) in [5.41, 5.74) is 0.508. The third-order valence-corrected chi connectivity index (χ3v) is 3.83. The fourth-order valence-electron chi connectivity index (χ4n) is 2.47. The van der Waals surface area contributed by atoms with Gasteiger partial charge in [-0.2, -0.15) is 0 Å². The van der Waals surface area contributed by atoms with Gasteiger partial charge < -0.3 is 14.6 Å². The lowest BCUT2D eigenvalue weighted by molar-refractivity contribution is -0.0843. The average Bonchev–Trinajstić information content (AvgIpc) is 2.48. The molecule has 2 rings (SSSR count). The first-order valence-corrected chi connectivity index (χ1v) is 8.13. The fourth-order valence-corrected chi connectivity index (χ4v) is 2.60. The molecule has 1 fully saturated rings. The van der Waals surface area contributed by atoms with E-state index in [1.165, 1.54) is 0 Å². The van der Waals surface area contributed by atoms with E-state index in [2.05, 4.69) is 0 Å². The number of amides is 1. The maximum Gasteiger partial charge on any atom is 0.410 e. The summed E-state index contributed by atoms with van der Waals surface area (Å²) in [7, 11) is 0. The van der Waals surface area contributed by atoms with Crippen molar-refractivity contribution in [2.75, 3.05) is 19.8 Å². The summed E-state index contributed by atoms with van der Waals surface area (Å²) in [4.78, 5) is 14.1. The second-order valence-corrected chi connectivity index (χ2v) is 7.19. The van der Waals surface area contributed by atoms with Gasteiger partial charge in [-0.25, -0.2) is 4.79 Å². The predicted molar refractivity (Wildman–Crippen MR) is 88.7 cm³/mol. The molecule has 128 valence electrons. The highest BCUT2D eigenvalue weighted by Gasteiger charge is 2.34. The minimum Gasteiger partial charge on any atom is -0.444 e. The molecule has 0 aliphatic carbocycles. The molecule has 1 heterocycles. The Morgan fingerprint density at radius 2 is 2.04 bits per heavy atom. The van der Waals surface area contributed by atoms with Gasteiger partial charge in [0.05, 0.1) is 31.9 Å². The zero-order valence-electron chi connectivity index (χ0n) is 13.8. The van der Waals surface area contributed by atoms with E-state index in [0.717, 1.165) is 5.56 Å². The Morgan fingerprint density at radius 1 is 1.39 bits per heavy atom. The van der Waals surface area contributed by atoms with E-state index in [1.807, 2.05) is 45.0 Å². The van der Waals surface area contributed by atoms with Crippen molar-refractivity contribution in [3.8, 4) is 0 Å². The summed E-state index contributed by atoms with van der Waals surface area (Å²) in [5.74, 6) is 0. The normalized spacial score (nSPS) is 22.0. The second kappa shape index (κ2) is 7.51. The smallest absolute Gasteiger partial charge is 0.410 e. The number of benzene rings is 1. The molecule has 1 aromatic rings. The Labute approximate surface area is 142 Å². The van der Waals surface area contributed by atoms with Crippen molar-refractivity contribution in [2.24, 2.45) is 0 Å². The highest BCUT2D eigenvalue weighted by atomic mass is 35.5. The largest absolute Gasteiger partial charge is 0.444 e. The molecule has 1 N–H and O–H groups in total. The summed E-state index contributed by atoms with van der Waals surface area (Å²) in [6.07, 6.45) is -0.101. The number of hydrogen-bond acceptors (Lipinski definition) is 4. The van der Waals surface area contributed by atoms with Crippen LogP contribution >= 0.6 is 11.6 Å². The number of carbonyl (C=O) groups is 1. The maximum atomic E-state index is 12.5. The summed E-state index contributed by atoms with van der Waals surface area (Å²) in [6.45, 7) is 6.08. The highest BCUT2D eigenvalue weighted by Crippen LogP contribution is 2.21. The van der Waals surface area contributed by atoms with Crippen LogP contribution in [0.3, 0.4) is 0 Å². The molecule has 5 nitrogen and oxygen atoms in total. The number of carbonyl (C=O) groups excluding carboxylic acids is 1. The van der Waals surface area contributed by atoms with Crippen LogP contribution in [-0.4, -0.2) is 53.6 Å². The van der Waals surface area contributed by atoms with E-state index in [4.69, 9.17) is 21.1 Å². The number of hydrogen-bond donors (Lipinski definition) is 1. The van der Waals surface area contributed by atoms with Crippen molar-refractivity contribution >= 4 is 17.7 Å². The van der Waals surface area contributed by atoms with Gasteiger partial charge in [-0.05, 0) is 44.9 Å². The van der Waals surface area contributed by atoms with Gasteiger partial charge in [0.1, 0.15) is 5.60 Å². The van der Waals surface area contributed by atoms with Gasteiger partial charge in [0.25, 0.3) is 0 Å². The molecule has 0 radical (unpaired) electrons. The van der Waals surface area contributed by atoms with Crippen LogP contribution in [0.5, 0.6) is 0 Å². The molecule has 1 aromatic carbocycles. The molecular formula is C17H24ClNO4. The molecule has 23 heavy (non-hydrogen) atoms. The third kappa shape index (κ3) is 5.37. The minimum atomic E-state index is -0.561. The van der Waals surface area contributed by atoms with E-state index >= 15 is 0 Å². The second-order valence-electron chi connectivity index (χ2n) is 6.76. The summed E-state index contributed by atoms with van der Waals surface area (Å²) in [6, 6.07) is 7.40. The quantitative estimate of drug-likeness (QED) is 0.918. The topological polar surface area (TPSA) is 59.0 Å². The van der Waals surface area contributed by atoms with E-state index in [-0.39, 0.29) is 24.8 Å². The standard InChI is InChI=1S/C17H24ClNO4/c1-17(2,3)23-16(21)19-9-15(10-20)22-11-14(19)8-12-4-6-13(18)7-5-12/h4-7,14-15,20H,8-11H2,1-3H3/t14?,15-/m1/s1. The summed E-state index contributed by atoms with van der Waals surface area (Å²) < 4.78 is 11.1. The first-order chi connectivity index (χ1) is 10.8. The molecule has 0 spiro atoms. The lowest BCUT2D eigenvalue weighted by Gasteiger charge is -2.39. The average molecular weight is 342 g/mol. The molecule has 1 aliphatic rings. The molecule has 1 saturated heterocycles. The summed E-state index contributed by atoms with van der Waals surface area (Å²) >= 11 is 5.91. The Bertz CT molecular complexity index is 526. The molecule has 2 atom stereocenters. The van der Waals surface area contributed by atoms with E-state index in [9.17, 15) is 9.90 Å². The van der Waals surface area contributed by atoms with Gasteiger partial charge in [0.15, 0.2) is 0 Å². The van der Waals surface area contributed by atoms with Crippen LogP contribution in [0.15, 0.2) is 24.3 Å². The number of morpholine rings is 1. The SMILES string of the molecule is CC(C)(C)OC(=O)N1C[C@H](CO)OCC1Cc1ccc(Cl)cc1. The fraction of sp³-hybridized carbons (Fsp3) is 0.588. The van der Waals surface area contributed by atoms with E-state index in [0.29, 0.717) is 24.6 Å². The minimum absolute atomic E-state index is 0.118. The Hall–Kier alpha value is -1.30. The Morgan fingerprint density at radius 3 is 2.61 bits per heavy atom. The van der Waals surface area contributed by atoms with Gasteiger partial charge in [0.2, 0.25) is 0 Å². The molecule has 6 heteroatoms. The van der Waals surface area contributed by atoms with Crippen LogP contribution in [0, 0.1) is 0 Å². The van der Waals surface area contributed by atoms with Gasteiger partial charge in [-0.1, -0.05) is 23.7 Å². The van der Waals surface area contributed by atoms with E-state index in [1.54, 1.807) is 4.90 Å². The zero-order valence-corrected chi connectivity index (χ0v) is 14.5.